The summed E-state index contributed by atoms with van der Waals surface area (Å²) >= 11 is 0. The zero-order chi connectivity index (χ0) is 13.8. The molecule has 2 aliphatic rings. The Labute approximate surface area is 122 Å². The van der Waals surface area contributed by atoms with E-state index in [2.05, 4.69) is 35.7 Å². The van der Waals surface area contributed by atoms with Gasteiger partial charge in [0.1, 0.15) is 0 Å². The van der Waals surface area contributed by atoms with E-state index in [1.165, 1.54) is 36.8 Å². The quantitative estimate of drug-likeness (QED) is 0.819. The Morgan fingerprint density at radius 1 is 1.20 bits per heavy atom. The van der Waals surface area contributed by atoms with Gasteiger partial charge in [0, 0.05) is 6.54 Å². The molecule has 1 saturated carbocycles. The van der Waals surface area contributed by atoms with Crippen LogP contribution in [0.25, 0.3) is 5.57 Å². The predicted octanol–water partition coefficient (Wildman–Crippen LogP) is 3.94. The highest BCUT2D eigenvalue weighted by molar-refractivity contribution is 5.72. The van der Waals surface area contributed by atoms with Crippen LogP contribution in [0, 0.1) is 5.92 Å². The SMILES string of the molecule is CNCCOC1CC=C(C2CCCC2)c2ccccc21. The van der Waals surface area contributed by atoms with E-state index >= 15 is 0 Å². The smallest absolute Gasteiger partial charge is 0.0866 e. The molecule has 2 heteroatoms. The lowest BCUT2D eigenvalue weighted by Gasteiger charge is -2.28. The number of rotatable bonds is 5. The van der Waals surface area contributed by atoms with Crippen LogP contribution in [0.3, 0.4) is 0 Å². The molecule has 1 aromatic carbocycles. The van der Waals surface area contributed by atoms with Crippen molar-refractivity contribution in [3.63, 3.8) is 0 Å². The molecule has 0 aromatic heterocycles. The first kappa shape index (κ1) is 13.8. The zero-order valence-corrected chi connectivity index (χ0v) is 12.4. The van der Waals surface area contributed by atoms with E-state index in [4.69, 9.17) is 4.74 Å². The van der Waals surface area contributed by atoms with Crippen molar-refractivity contribution in [2.24, 2.45) is 5.92 Å². The zero-order valence-electron chi connectivity index (χ0n) is 12.4. The van der Waals surface area contributed by atoms with Crippen LogP contribution in [0.4, 0.5) is 0 Å². The number of ether oxygens (including phenoxy) is 1. The highest BCUT2D eigenvalue weighted by Crippen LogP contribution is 2.43. The molecule has 2 nitrogen and oxygen atoms in total. The van der Waals surface area contributed by atoms with Gasteiger partial charge in [-0.15, -0.1) is 0 Å². The Hall–Kier alpha value is -1.12. The Kier molecular flexibility index (Phi) is 4.54. The summed E-state index contributed by atoms with van der Waals surface area (Å²) < 4.78 is 6.05. The summed E-state index contributed by atoms with van der Waals surface area (Å²) in [4.78, 5) is 0. The lowest BCUT2D eigenvalue weighted by atomic mass is 9.82. The molecule has 20 heavy (non-hydrogen) atoms. The van der Waals surface area contributed by atoms with Gasteiger partial charge in [-0.25, -0.2) is 0 Å². The average Bonchev–Trinajstić information content (AvgIpc) is 3.01. The Morgan fingerprint density at radius 2 is 2.00 bits per heavy atom. The molecule has 1 atom stereocenters. The average molecular weight is 271 g/mol. The monoisotopic (exact) mass is 271 g/mol. The highest BCUT2D eigenvalue weighted by Gasteiger charge is 2.27. The molecule has 0 bridgehead atoms. The maximum atomic E-state index is 6.05. The second kappa shape index (κ2) is 6.55. The van der Waals surface area contributed by atoms with Gasteiger partial charge in [-0.05, 0) is 48.9 Å². The van der Waals surface area contributed by atoms with Gasteiger partial charge in [0.15, 0.2) is 0 Å². The van der Waals surface area contributed by atoms with Crippen LogP contribution in [-0.4, -0.2) is 20.2 Å². The maximum Gasteiger partial charge on any atom is 0.0866 e. The molecule has 0 radical (unpaired) electrons. The third-order valence-electron chi connectivity index (χ3n) is 4.64. The molecule has 0 amide bonds. The predicted molar refractivity (Wildman–Crippen MR) is 83.6 cm³/mol. The second-order valence-corrected chi connectivity index (χ2v) is 5.93. The van der Waals surface area contributed by atoms with Gasteiger partial charge in [-0.3, -0.25) is 0 Å². The summed E-state index contributed by atoms with van der Waals surface area (Å²) in [7, 11) is 1.97. The number of nitrogens with one attached hydrogen (secondary N) is 1. The molecule has 3 rings (SSSR count). The van der Waals surface area contributed by atoms with Crippen molar-refractivity contribution in [3.05, 3.63) is 41.5 Å². The van der Waals surface area contributed by atoms with Crippen LogP contribution in [0.15, 0.2) is 30.3 Å². The molecule has 0 heterocycles. The van der Waals surface area contributed by atoms with Crippen LogP contribution in [0.5, 0.6) is 0 Å². The summed E-state index contributed by atoms with van der Waals surface area (Å²) in [6.45, 7) is 1.69. The minimum atomic E-state index is 0.240. The molecule has 1 unspecified atom stereocenters. The van der Waals surface area contributed by atoms with Crippen LogP contribution < -0.4 is 5.32 Å². The molecule has 0 spiro atoms. The third kappa shape index (κ3) is 2.82. The van der Waals surface area contributed by atoms with Crippen molar-refractivity contribution >= 4 is 5.57 Å². The van der Waals surface area contributed by atoms with Crippen molar-refractivity contribution in [3.8, 4) is 0 Å². The summed E-state index contributed by atoms with van der Waals surface area (Å²) in [5.41, 5.74) is 4.43. The number of allylic oxidation sites excluding steroid dienone is 1. The van der Waals surface area contributed by atoms with Gasteiger partial charge < -0.3 is 10.1 Å². The summed E-state index contributed by atoms with van der Waals surface area (Å²) in [5, 5.41) is 3.14. The van der Waals surface area contributed by atoms with E-state index in [-0.39, 0.29) is 6.10 Å². The van der Waals surface area contributed by atoms with E-state index in [9.17, 15) is 0 Å². The standard InChI is InChI=1S/C18H25NO/c1-19-12-13-20-18-11-10-15(14-6-2-3-7-14)16-8-4-5-9-17(16)18/h4-5,8-10,14,18-19H,2-3,6-7,11-13H2,1H3. The van der Waals surface area contributed by atoms with Crippen molar-refractivity contribution in [2.45, 2.75) is 38.2 Å². The molecule has 1 fully saturated rings. The van der Waals surface area contributed by atoms with Crippen LogP contribution in [0.1, 0.15) is 49.3 Å². The van der Waals surface area contributed by atoms with Gasteiger partial charge in [0.2, 0.25) is 0 Å². The van der Waals surface area contributed by atoms with Crippen LogP contribution >= 0.6 is 0 Å². The van der Waals surface area contributed by atoms with E-state index in [1.54, 1.807) is 5.57 Å². The molecule has 0 aliphatic heterocycles. The number of hydrogen-bond donors (Lipinski definition) is 1. The number of likely N-dealkylation sites (N-methyl/N-ethyl adjacent to an activating group) is 1. The van der Waals surface area contributed by atoms with E-state index in [0.717, 1.165) is 25.5 Å². The fourth-order valence-corrected chi connectivity index (χ4v) is 3.60. The molecular formula is C18H25NO. The van der Waals surface area contributed by atoms with E-state index < -0.39 is 0 Å². The van der Waals surface area contributed by atoms with Gasteiger partial charge in [0.25, 0.3) is 0 Å². The van der Waals surface area contributed by atoms with Crippen molar-refractivity contribution in [2.75, 3.05) is 20.2 Å². The molecule has 2 aliphatic carbocycles. The van der Waals surface area contributed by atoms with Crippen molar-refractivity contribution in [1.29, 1.82) is 0 Å². The first-order valence-corrected chi connectivity index (χ1v) is 7.95. The lowest BCUT2D eigenvalue weighted by molar-refractivity contribution is 0.0563. The first-order chi connectivity index (χ1) is 9.90. The van der Waals surface area contributed by atoms with Crippen molar-refractivity contribution < 1.29 is 4.74 Å². The maximum absolute atomic E-state index is 6.05. The van der Waals surface area contributed by atoms with Crippen molar-refractivity contribution in [1.82, 2.24) is 5.32 Å². The fraction of sp³-hybridized carbons (Fsp3) is 0.556. The third-order valence-corrected chi connectivity index (χ3v) is 4.64. The van der Waals surface area contributed by atoms with Crippen LogP contribution in [0.2, 0.25) is 0 Å². The summed E-state index contributed by atoms with van der Waals surface area (Å²) in [5.74, 6) is 0.786. The topological polar surface area (TPSA) is 21.3 Å². The Bertz CT molecular complexity index is 474. The summed E-state index contributed by atoms with van der Waals surface area (Å²) in [6, 6.07) is 8.84. The number of hydrogen-bond acceptors (Lipinski definition) is 2. The second-order valence-electron chi connectivity index (χ2n) is 5.93. The molecule has 0 saturated heterocycles. The first-order valence-electron chi connectivity index (χ1n) is 7.95. The minimum absolute atomic E-state index is 0.240. The van der Waals surface area contributed by atoms with E-state index in [0.29, 0.717) is 0 Å². The fourth-order valence-electron chi connectivity index (χ4n) is 3.60. The molecule has 1 N–H and O–H groups in total. The Balaban J connectivity index is 1.80. The lowest BCUT2D eigenvalue weighted by Crippen LogP contribution is -2.19. The highest BCUT2D eigenvalue weighted by atomic mass is 16.5. The molecule has 1 aromatic rings. The minimum Gasteiger partial charge on any atom is -0.372 e. The van der Waals surface area contributed by atoms with Gasteiger partial charge in [0.05, 0.1) is 12.7 Å². The summed E-state index contributed by atoms with van der Waals surface area (Å²) in [6.07, 6.45) is 9.24. The Morgan fingerprint density at radius 3 is 2.80 bits per heavy atom. The normalized spacial score (nSPS) is 22.6. The number of fused-ring (bicyclic) bond motifs is 1. The number of benzene rings is 1. The molecule has 108 valence electrons. The van der Waals surface area contributed by atoms with Gasteiger partial charge in [-0.2, -0.15) is 0 Å². The molecular weight excluding hydrogens is 246 g/mol. The largest absolute Gasteiger partial charge is 0.372 e. The van der Waals surface area contributed by atoms with Gasteiger partial charge in [-0.1, -0.05) is 43.2 Å². The van der Waals surface area contributed by atoms with Crippen LogP contribution in [-0.2, 0) is 4.74 Å². The van der Waals surface area contributed by atoms with Gasteiger partial charge >= 0.3 is 0 Å². The van der Waals surface area contributed by atoms with E-state index in [1.807, 2.05) is 7.05 Å².